The van der Waals surface area contributed by atoms with E-state index in [0.29, 0.717) is 5.69 Å². The number of nitrogens with zero attached hydrogens (tertiary/aromatic N) is 2. The molecular formula is C24H21N3O3. The Balaban J connectivity index is 1.77. The topological polar surface area (TPSA) is 71.4 Å². The maximum absolute atomic E-state index is 13.1. The minimum Gasteiger partial charge on any atom is -0.318 e. The first kappa shape index (κ1) is 19.4. The third kappa shape index (κ3) is 3.33. The number of urea groups is 1. The number of hydrogen-bond donors (Lipinski definition) is 1. The van der Waals surface area contributed by atoms with E-state index in [2.05, 4.69) is 9.88 Å². The molecule has 0 aliphatic carbocycles. The number of barbiturate groups is 1. The molecule has 1 aromatic heterocycles. The summed E-state index contributed by atoms with van der Waals surface area (Å²) in [6.07, 6.45) is 1.55. The lowest BCUT2D eigenvalue weighted by atomic mass is 10.1. The molecule has 2 aromatic carbocycles. The SMILES string of the molecule is Cc1cccc(N2C(=O)NC(=O)/C(=C/c3cc(C)n(-c4ccccc4)c3C)C2=O)c1. The molecule has 0 saturated carbocycles. The third-order valence-corrected chi connectivity index (χ3v) is 5.15. The number of rotatable bonds is 3. The Kier molecular flexibility index (Phi) is 4.83. The van der Waals surface area contributed by atoms with Crippen LogP contribution >= 0.6 is 0 Å². The highest BCUT2D eigenvalue weighted by atomic mass is 16.2. The van der Waals surface area contributed by atoms with Gasteiger partial charge in [-0.2, -0.15) is 0 Å². The van der Waals surface area contributed by atoms with Crippen molar-refractivity contribution < 1.29 is 14.4 Å². The second-order valence-electron chi connectivity index (χ2n) is 7.29. The predicted molar refractivity (Wildman–Crippen MR) is 115 cm³/mol. The largest absolute Gasteiger partial charge is 0.335 e. The van der Waals surface area contributed by atoms with E-state index in [1.54, 1.807) is 24.3 Å². The van der Waals surface area contributed by atoms with E-state index < -0.39 is 17.8 Å². The zero-order valence-corrected chi connectivity index (χ0v) is 17.0. The lowest BCUT2D eigenvalue weighted by molar-refractivity contribution is -0.122. The van der Waals surface area contributed by atoms with E-state index in [-0.39, 0.29) is 5.57 Å². The van der Waals surface area contributed by atoms with Crippen molar-refractivity contribution in [2.75, 3.05) is 4.90 Å². The molecule has 0 bridgehead atoms. The van der Waals surface area contributed by atoms with Gasteiger partial charge in [-0.1, -0.05) is 30.3 Å². The highest BCUT2D eigenvalue weighted by Crippen LogP contribution is 2.26. The lowest BCUT2D eigenvalue weighted by Gasteiger charge is -2.26. The number of amides is 4. The van der Waals surface area contributed by atoms with Crippen LogP contribution in [0, 0.1) is 20.8 Å². The summed E-state index contributed by atoms with van der Waals surface area (Å²) in [6.45, 7) is 5.77. The van der Waals surface area contributed by atoms with Gasteiger partial charge in [-0.25, -0.2) is 9.69 Å². The van der Waals surface area contributed by atoms with Gasteiger partial charge in [-0.3, -0.25) is 14.9 Å². The van der Waals surface area contributed by atoms with Crippen LogP contribution in [0.2, 0.25) is 0 Å². The molecule has 6 nitrogen and oxygen atoms in total. The molecular weight excluding hydrogens is 378 g/mol. The molecule has 0 spiro atoms. The van der Waals surface area contributed by atoms with Gasteiger partial charge in [0, 0.05) is 17.1 Å². The fourth-order valence-electron chi connectivity index (χ4n) is 3.72. The monoisotopic (exact) mass is 399 g/mol. The van der Waals surface area contributed by atoms with Crippen LogP contribution in [0.25, 0.3) is 11.8 Å². The van der Waals surface area contributed by atoms with E-state index in [1.165, 1.54) is 0 Å². The van der Waals surface area contributed by atoms with Crippen LogP contribution in [0.15, 0.2) is 66.2 Å². The number of aryl methyl sites for hydroxylation is 2. The van der Waals surface area contributed by atoms with Crippen LogP contribution in [-0.4, -0.2) is 22.4 Å². The normalized spacial score (nSPS) is 15.6. The first-order valence-corrected chi connectivity index (χ1v) is 9.59. The quantitative estimate of drug-likeness (QED) is 0.533. The van der Waals surface area contributed by atoms with Crippen molar-refractivity contribution in [1.82, 2.24) is 9.88 Å². The highest BCUT2D eigenvalue weighted by molar-refractivity contribution is 6.39. The number of nitrogens with one attached hydrogen (secondary N) is 1. The van der Waals surface area contributed by atoms with E-state index in [1.807, 2.05) is 63.2 Å². The predicted octanol–water partition coefficient (Wildman–Crippen LogP) is 4.07. The molecule has 30 heavy (non-hydrogen) atoms. The first-order chi connectivity index (χ1) is 14.4. The summed E-state index contributed by atoms with van der Waals surface area (Å²) in [6, 6.07) is 18.0. The zero-order chi connectivity index (χ0) is 21.4. The van der Waals surface area contributed by atoms with Crippen molar-refractivity contribution >= 4 is 29.6 Å². The first-order valence-electron chi connectivity index (χ1n) is 9.59. The molecule has 0 atom stereocenters. The lowest BCUT2D eigenvalue weighted by Crippen LogP contribution is -2.54. The molecule has 3 aromatic rings. The molecule has 1 aliphatic rings. The molecule has 1 aliphatic heterocycles. The van der Waals surface area contributed by atoms with Crippen LogP contribution in [0.1, 0.15) is 22.5 Å². The van der Waals surface area contributed by atoms with Gasteiger partial charge in [0.1, 0.15) is 5.57 Å². The maximum Gasteiger partial charge on any atom is 0.335 e. The van der Waals surface area contributed by atoms with Crippen LogP contribution in [-0.2, 0) is 9.59 Å². The molecule has 0 radical (unpaired) electrons. The standard InChI is InChI=1S/C24H21N3O3/c1-15-8-7-11-20(12-15)27-23(29)21(22(28)25-24(27)30)14-18-13-16(2)26(17(18)3)19-9-5-4-6-10-19/h4-14H,1-3H3,(H,25,28,30)/b21-14-. The van der Waals surface area contributed by atoms with Crippen LogP contribution < -0.4 is 10.2 Å². The fourth-order valence-corrected chi connectivity index (χ4v) is 3.72. The number of aromatic nitrogens is 1. The van der Waals surface area contributed by atoms with Crippen molar-refractivity contribution in [2.24, 2.45) is 0 Å². The Morgan fingerprint density at radius 3 is 2.23 bits per heavy atom. The molecule has 1 fully saturated rings. The van der Waals surface area contributed by atoms with Crippen molar-refractivity contribution in [3.63, 3.8) is 0 Å². The van der Waals surface area contributed by atoms with Crippen molar-refractivity contribution in [3.05, 3.63) is 88.8 Å². The Hall–Kier alpha value is -3.93. The summed E-state index contributed by atoms with van der Waals surface area (Å²) < 4.78 is 2.06. The van der Waals surface area contributed by atoms with E-state index in [4.69, 9.17) is 0 Å². The molecule has 1 saturated heterocycles. The van der Waals surface area contributed by atoms with Gasteiger partial charge >= 0.3 is 6.03 Å². The van der Waals surface area contributed by atoms with Gasteiger partial charge in [0.15, 0.2) is 0 Å². The minimum absolute atomic E-state index is 0.0792. The van der Waals surface area contributed by atoms with Crippen LogP contribution in [0.5, 0.6) is 0 Å². The van der Waals surface area contributed by atoms with Crippen molar-refractivity contribution in [3.8, 4) is 5.69 Å². The number of para-hydroxylation sites is 1. The number of imide groups is 2. The average Bonchev–Trinajstić information content (AvgIpc) is 2.99. The highest BCUT2D eigenvalue weighted by Gasteiger charge is 2.37. The zero-order valence-electron chi connectivity index (χ0n) is 17.0. The molecule has 6 heteroatoms. The van der Waals surface area contributed by atoms with Crippen molar-refractivity contribution in [2.45, 2.75) is 20.8 Å². The summed E-state index contributed by atoms with van der Waals surface area (Å²) in [5.74, 6) is -1.34. The van der Waals surface area contributed by atoms with Gasteiger partial charge < -0.3 is 4.57 Å². The fraction of sp³-hybridized carbons (Fsp3) is 0.125. The molecule has 4 rings (SSSR count). The number of anilines is 1. The Morgan fingerprint density at radius 2 is 1.53 bits per heavy atom. The number of carbonyl (C=O) groups is 3. The summed E-state index contributed by atoms with van der Waals surface area (Å²) in [7, 11) is 0. The van der Waals surface area contributed by atoms with Crippen LogP contribution in [0.3, 0.4) is 0 Å². The van der Waals surface area contributed by atoms with Gasteiger partial charge in [0.25, 0.3) is 11.8 Å². The smallest absolute Gasteiger partial charge is 0.318 e. The number of benzene rings is 2. The van der Waals surface area contributed by atoms with Crippen molar-refractivity contribution in [1.29, 1.82) is 0 Å². The summed E-state index contributed by atoms with van der Waals surface area (Å²) in [4.78, 5) is 39.0. The number of hydrogen-bond acceptors (Lipinski definition) is 3. The number of carbonyl (C=O) groups excluding carboxylic acids is 3. The molecule has 1 N–H and O–H groups in total. The van der Waals surface area contributed by atoms with E-state index in [9.17, 15) is 14.4 Å². The minimum atomic E-state index is -0.748. The molecule has 150 valence electrons. The molecule has 0 unspecified atom stereocenters. The summed E-state index contributed by atoms with van der Waals surface area (Å²) >= 11 is 0. The van der Waals surface area contributed by atoms with Gasteiger partial charge in [-0.15, -0.1) is 0 Å². The molecule has 2 heterocycles. The Morgan fingerprint density at radius 1 is 0.833 bits per heavy atom. The summed E-state index contributed by atoms with van der Waals surface area (Å²) in [5, 5.41) is 2.27. The third-order valence-electron chi connectivity index (χ3n) is 5.15. The Labute approximate surface area is 174 Å². The second kappa shape index (κ2) is 7.48. The van der Waals surface area contributed by atoms with E-state index in [0.717, 1.165) is 33.1 Å². The summed E-state index contributed by atoms with van der Waals surface area (Å²) in [5.41, 5.74) is 4.85. The maximum atomic E-state index is 13.1. The average molecular weight is 399 g/mol. The van der Waals surface area contributed by atoms with Gasteiger partial charge in [-0.05, 0) is 68.3 Å². The Bertz CT molecular complexity index is 1210. The van der Waals surface area contributed by atoms with E-state index >= 15 is 0 Å². The van der Waals surface area contributed by atoms with Gasteiger partial charge in [0.2, 0.25) is 0 Å². The second-order valence-corrected chi connectivity index (χ2v) is 7.29. The van der Waals surface area contributed by atoms with Crippen LogP contribution in [0.4, 0.5) is 10.5 Å². The molecule has 4 amide bonds. The van der Waals surface area contributed by atoms with Gasteiger partial charge in [0.05, 0.1) is 5.69 Å².